The number of benzene rings is 2. The van der Waals surface area contributed by atoms with Gasteiger partial charge in [-0.05, 0) is 29.8 Å². The van der Waals surface area contributed by atoms with Crippen molar-refractivity contribution in [2.24, 2.45) is 4.99 Å². The second kappa shape index (κ2) is 8.45. The molecule has 0 atom stereocenters. The normalized spacial score (nSPS) is 11.8. The Bertz CT molecular complexity index is 1220. The van der Waals surface area contributed by atoms with Crippen molar-refractivity contribution < 1.29 is 13.2 Å². The minimum atomic E-state index is -4.60. The molecule has 150 valence electrons. The molecule has 0 radical (unpaired) electrons. The predicted octanol–water partition coefficient (Wildman–Crippen LogP) is 4.12. The number of nitrogens with zero attached hydrogens (tertiary/aromatic N) is 4. The van der Waals surface area contributed by atoms with Gasteiger partial charge >= 0.3 is 11.9 Å². The summed E-state index contributed by atoms with van der Waals surface area (Å²) >= 11 is 0. The Labute approximate surface area is 169 Å². The lowest BCUT2D eigenvalue weighted by molar-refractivity contribution is -0.137. The van der Waals surface area contributed by atoms with Crippen LogP contribution in [-0.4, -0.2) is 15.8 Å². The average Bonchev–Trinajstić information content (AvgIpc) is 2.72. The van der Waals surface area contributed by atoms with Gasteiger partial charge in [-0.1, -0.05) is 42.5 Å². The third-order valence-corrected chi connectivity index (χ3v) is 4.02. The fraction of sp³-hybridized carbons (Fsp3) is 0.0476. The van der Waals surface area contributed by atoms with E-state index in [-0.39, 0.29) is 22.9 Å². The standard InChI is InChI=1S/C21H14F3N5O/c22-21(23,24)15-9-4-10-16(12-15)29-19(26)18(17(13-25)28-20(29)30)27-11-5-8-14-6-2-1-3-7-14/h1-12H,26H2/b8-5+,27-11?. The van der Waals surface area contributed by atoms with E-state index in [2.05, 4.69) is 9.98 Å². The molecule has 6 nitrogen and oxygen atoms in total. The van der Waals surface area contributed by atoms with E-state index in [1.165, 1.54) is 12.3 Å². The van der Waals surface area contributed by atoms with Gasteiger partial charge in [0.25, 0.3) is 0 Å². The Balaban J connectivity index is 2.06. The molecule has 2 aromatic carbocycles. The zero-order chi connectivity index (χ0) is 21.7. The number of alkyl halides is 3. The molecule has 0 amide bonds. The molecule has 0 spiro atoms. The highest BCUT2D eigenvalue weighted by molar-refractivity contribution is 5.83. The maximum Gasteiger partial charge on any atom is 0.416 e. The molecule has 0 fully saturated rings. The van der Waals surface area contributed by atoms with Crippen LogP contribution in [0.2, 0.25) is 0 Å². The van der Waals surface area contributed by atoms with Crippen LogP contribution in [0.15, 0.2) is 70.5 Å². The van der Waals surface area contributed by atoms with E-state index < -0.39 is 17.4 Å². The van der Waals surface area contributed by atoms with Gasteiger partial charge in [-0.25, -0.2) is 14.4 Å². The van der Waals surface area contributed by atoms with Gasteiger partial charge in [-0.2, -0.15) is 23.4 Å². The first-order valence-corrected chi connectivity index (χ1v) is 8.57. The summed E-state index contributed by atoms with van der Waals surface area (Å²) in [6.07, 6.45) is 0.0947. The topological polar surface area (TPSA) is 97.1 Å². The van der Waals surface area contributed by atoms with Crippen molar-refractivity contribution in [3.05, 3.63) is 88.0 Å². The first-order chi connectivity index (χ1) is 14.3. The molecule has 1 heterocycles. The summed E-state index contributed by atoms with van der Waals surface area (Å²) in [5, 5.41) is 9.26. The fourth-order valence-electron chi connectivity index (χ4n) is 2.64. The minimum Gasteiger partial charge on any atom is -0.383 e. The number of nitriles is 1. The van der Waals surface area contributed by atoms with E-state index >= 15 is 0 Å². The van der Waals surface area contributed by atoms with Crippen LogP contribution < -0.4 is 11.4 Å². The largest absolute Gasteiger partial charge is 0.416 e. The summed E-state index contributed by atoms with van der Waals surface area (Å²) < 4.78 is 39.8. The Kier molecular flexibility index (Phi) is 5.78. The summed E-state index contributed by atoms with van der Waals surface area (Å²) in [6, 6.07) is 15.1. The van der Waals surface area contributed by atoms with E-state index in [0.29, 0.717) is 0 Å². The molecule has 0 aliphatic heterocycles. The van der Waals surface area contributed by atoms with Gasteiger partial charge in [0.15, 0.2) is 5.69 Å². The van der Waals surface area contributed by atoms with Crippen LogP contribution in [-0.2, 0) is 6.18 Å². The molecule has 0 saturated carbocycles. The Morgan fingerprint density at radius 3 is 2.53 bits per heavy atom. The molecule has 9 heteroatoms. The van der Waals surface area contributed by atoms with Crippen molar-refractivity contribution in [1.29, 1.82) is 5.26 Å². The van der Waals surface area contributed by atoms with Gasteiger partial charge in [0, 0.05) is 6.21 Å². The Hall–Kier alpha value is -4.19. The highest BCUT2D eigenvalue weighted by atomic mass is 19.4. The van der Waals surface area contributed by atoms with Gasteiger partial charge in [-0.15, -0.1) is 0 Å². The quantitative estimate of drug-likeness (QED) is 0.656. The Morgan fingerprint density at radius 2 is 1.87 bits per heavy atom. The number of nitrogens with two attached hydrogens (primary N) is 1. The predicted molar refractivity (Wildman–Crippen MR) is 108 cm³/mol. The smallest absolute Gasteiger partial charge is 0.383 e. The maximum absolute atomic E-state index is 13.0. The second-order valence-corrected chi connectivity index (χ2v) is 6.02. The maximum atomic E-state index is 13.0. The minimum absolute atomic E-state index is 0.118. The van der Waals surface area contributed by atoms with Gasteiger partial charge < -0.3 is 5.73 Å². The zero-order valence-corrected chi connectivity index (χ0v) is 15.3. The molecule has 0 aliphatic carbocycles. The van der Waals surface area contributed by atoms with Gasteiger partial charge in [0.1, 0.15) is 17.6 Å². The van der Waals surface area contributed by atoms with Crippen molar-refractivity contribution in [2.45, 2.75) is 6.18 Å². The number of nitrogen functional groups attached to an aromatic ring is 1. The van der Waals surface area contributed by atoms with Crippen LogP contribution in [0.25, 0.3) is 11.8 Å². The summed E-state index contributed by atoms with van der Waals surface area (Å²) in [5.74, 6) is -0.296. The van der Waals surface area contributed by atoms with E-state index in [1.54, 1.807) is 18.2 Å². The number of hydrogen-bond donors (Lipinski definition) is 1. The lowest BCUT2D eigenvalue weighted by Crippen LogP contribution is -2.25. The van der Waals surface area contributed by atoms with Crippen molar-refractivity contribution in [2.75, 3.05) is 5.73 Å². The number of hydrogen-bond acceptors (Lipinski definition) is 5. The van der Waals surface area contributed by atoms with Crippen LogP contribution in [0.4, 0.5) is 24.7 Å². The second-order valence-electron chi connectivity index (χ2n) is 6.02. The third-order valence-electron chi connectivity index (χ3n) is 4.02. The average molecular weight is 409 g/mol. The number of halogens is 3. The van der Waals surface area contributed by atoms with Crippen LogP contribution in [0.3, 0.4) is 0 Å². The number of aromatic nitrogens is 2. The Morgan fingerprint density at radius 1 is 1.13 bits per heavy atom. The lowest BCUT2D eigenvalue weighted by Gasteiger charge is -2.13. The molecule has 1 aromatic heterocycles. The molecule has 3 aromatic rings. The molecule has 0 bridgehead atoms. The van der Waals surface area contributed by atoms with Gasteiger partial charge in [0.2, 0.25) is 0 Å². The third kappa shape index (κ3) is 4.44. The van der Waals surface area contributed by atoms with Gasteiger partial charge in [0.05, 0.1) is 11.3 Å². The molecular formula is C21H14F3N5O. The molecule has 0 unspecified atom stereocenters. The summed E-state index contributed by atoms with van der Waals surface area (Å²) in [5.41, 5.74) is 4.38. The highest BCUT2D eigenvalue weighted by Gasteiger charge is 2.31. The molecule has 3 rings (SSSR count). The molecule has 0 saturated heterocycles. The summed E-state index contributed by atoms with van der Waals surface area (Å²) in [6.45, 7) is 0. The van der Waals surface area contributed by atoms with Crippen LogP contribution in [0.5, 0.6) is 0 Å². The van der Waals surface area contributed by atoms with Crippen molar-refractivity contribution in [1.82, 2.24) is 9.55 Å². The lowest BCUT2D eigenvalue weighted by atomic mass is 10.2. The zero-order valence-electron chi connectivity index (χ0n) is 15.3. The van der Waals surface area contributed by atoms with E-state index in [9.17, 15) is 23.2 Å². The number of anilines is 1. The number of allylic oxidation sites excluding steroid dienone is 1. The van der Waals surface area contributed by atoms with E-state index in [4.69, 9.17) is 5.73 Å². The van der Waals surface area contributed by atoms with Gasteiger partial charge in [-0.3, -0.25) is 0 Å². The van der Waals surface area contributed by atoms with Crippen LogP contribution >= 0.6 is 0 Å². The molecule has 2 N–H and O–H groups in total. The van der Waals surface area contributed by atoms with Crippen molar-refractivity contribution in [3.8, 4) is 11.8 Å². The summed E-state index contributed by atoms with van der Waals surface area (Å²) in [7, 11) is 0. The fourth-order valence-corrected chi connectivity index (χ4v) is 2.64. The van der Waals surface area contributed by atoms with E-state index in [1.807, 2.05) is 30.3 Å². The molecule has 0 aliphatic rings. The van der Waals surface area contributed by atoms with Crippen molar-refractivity contribution in [3.63, 3.8) is 0 Å². The first-order valence-electron chi connectivity index (χ1n) is 8.57. The SMILES string of the molecule is N#Cc1nc(=O)n(-c2cccc(C(F)(F)F)c2)c(N)c1N=C/C=C/c1ccccc1. The molecule has 30 heavy (non-hydrogen) atoms. The van der Waals surface area contributed by atoms with Crippen LogP contribution in [0.1, 0.15) is 16.8 Å². The number of aliphatic imine (C=N–C) groups is 1. The highest BCUT2D eigenvalue weighted by Crippen LogP contribution is 2.31. The summed E-state index contributed by atoms with van der Waals surface area (Å²) in [4.78, 5) is 20.0. The van der Waals surface area contributed by atoms with Crippen molar-refractivity contribution >= 4 is 23.8 Å². The monoisotopic (exact) mass is 409 g/mol. The van der Waals surface area contributed by atoms with E-state index in [0.717, 1.165) is 28.3 Å². The first kappa shape index (κ1) is 20.5. The van der Waals surface area contributed by atoms with Crippen LogP contribution in [0, 0.1) is 11.3 Å². The number of rotatable bonds is 4. The molecular weight excluding hydrogens is 395 g/mol.